The van der Waals surface area contributed by atoms with Crippen molar-refractivity contribution in [3.63, 3.8) is 0 Å². The summed E-state index contributed by atoms with van der Waals surface area (Å²) in [6.45, 7) is 3.71. The van der Waals surface area contributed by atoms with Gasteiger partial charge in [-0.25, -0.2) is 8.42 Å². The summed E-state index contributed by atoms with van der Waals surface area (Å²) in [7, 11) is 0.427. The molecule has 0 bridgehead atoms. The first-order valence-corrected chi connectivity index (χ1v) is 8.69. The van der Waals surface area contributed by atoms with Gasteiger partial charge in [-0.15, -0.1) is 11.6 Å². The molecule has 1 aromatic carbocycles. The monoisotopic (exact) mass is 318 g/mol. The number of alkyl halides is 1. The predicted octanol–water partition coefficient (Wildman–Crippen LogP) is 2.39. The summed E-state index contributed by atoms with van der Waals surface area (Å²) in [5.74, 6) is 0.314. The van der Waals surface area contributed by atoms with Crippen molar-refractivity contribution in [3.05, 3.63) is 29.8 Å². The largest absolute Gasteiger partial charge is 0.308 e. The van der Waals surface area contributed by atoms with Gasteiger partial charge in [0.1, 0.15) is 0 Å². The van der Waals surface area contributed by atoms with Crippen LogP contribution in [0, 0.1) is 0 Å². The Labute approximate surface area is 127 Å². The second-order valence-corrected chi connectivity index (χ2v) is 7.19. The third-order valence-electron chi connectivity index (χ3n) is 2.96. The van der Waals surface area contributed by atoms with Crippen LogP contribution in [0.1, 0.15) is 18.9 Å². The van der Waals surface area contributed by atoms with Crippen molar-refractivity contribution in [3.8, 4) is 0 Å². The van der Waals surface area contributed by atoms with E-state index < -0.39 is 10.0 Å². The van der Waals surface area contributed by atoms with Crippen molar-refractivity contribution in [2.45, 2.75) is 24.1 Å². The molecular formula is C14H23ClN2O2S. The number of halogens is 1. The number of likely N-dealkylation sites (N-methyl/N-ethyl adjacent to an activating group) is 1. The third-order valence-corrected chi connectivity index (χ3v) is 5.16. The van der Waals surface area contributed by atoms with Gasteiger partial charge in [-0.1, -0.05) is 19.1 Å². The molecule has 0 radical (unpaired) electrons. The Bertz CT molecular complexity index is 518. The zero-order valence-corrected chi connectivity index (χ0v) is 13.9. The summed E-state index contributed by atoms with van der Waals surface area (Å²) in [5, 5.41) is 0. The highest BCUT2D eigenvalue weighted by Gasteiger charge is 2.23. The van der Waals surface area contributed by atoms with Gasteiger partial charge in [-0.05, 0) is 38.2 Å². The number of nitrogens with zero attached hydrogens (tertiary/aromatic N) is 2. The smallest absolute Gasteiger partial charge is 0.243 e. The molecule has 0 saturated carbocycles. The summed E-state index contributed by atoms with van der Waals surface area (Å²) in [6.07, 6.45) is 0.794. The summed E-state index contributed by atoms with van der Waals surface area (Å²) >= 11 is 5.78. The van der Waals surface area contributed by atoms with Crippen molar-refractivity contribution in [1.82, 2.24) is 9.21 Å². The molecule has 0 aliphatic rings. The van der Waals surface area contributed by atoms with Crippen LogP contribution in [-0.4, -0.2) is 51.4 Å². The number of hydrogen-bond acceptors (Lipinski definition) is 3. The van der Waals surface area contributed by atoms with E-state index in [0.717, 1.165) is 12.0 Å². The molecule has 0 aliphatic carbocycles. The first-order valence-electron chi connectivity index (χ1n) is 6.71. The van der Waals surface area contributed by atoms with Gasteiger partial charge in [-0.2, -0.15) is 4.31 Å². The Morgan fingerprint density at radius 3 is 2.40 bits per heavy atom. The molecule has 0 heterocycles. The Morgan fingerprint density at radius 1 is 1.15 bits per heavy atom. The molecule has 20 heavy (non-hydrogen) atoms. The minimum atomic E-state index is -3.44. The van der Waals surface area contributed by atoms with Crippen molar-refractivity contribution >= 4 is 21.6 Å². The lowest BCUT2D eigenvalue weighted by atomic mass is 10.2. The molecule has 4 nitrogen and oxygen atoms in total. The number of rotatable bonds is 8. The molecule has 0 aliphatic heterocycles. The average Bonchev–Trinajstić information content (AvgIpc) is 2.43. The van der Waals surface area contributed by atoms with E-state index in [0.29, 0.717) is 30.4 Å². The second kappa shape index (κ2) is 7.98. The minimum Gasteiger partial charge on any atom is -0.308 e. The first kappa shape index (κ1) is 17.4. The molecule has 0 spiro atoms. The Balaban J connectivity index is 3.01. The van der Waals surface area contributed by atoms with Gasteiger partial charge in [-0.3, -0.25) is 0 Å². The topological polar surface area (TPSA) is 40.6 Å². The van der Waals surface area contributed by atoms with Gasteiger partial charge < -0.3 is 4.90 Å². The molecule has 6 heteroatoms. The summed E-state index contributed by atoms with van der Waals surface area (Å²) in [4.78, 5) is 2.30. The normalized spacial score (nSPS) is 12.3. The van der Waals surface area contributed by atoms with E-state index in [1.807, 2.05) is 32.0 Å². The number of hydrogen-bond donors (Lipinski definition) is 0. The van der Waals surface area contributed by atoms with Crippen LogP contribution in [0.4, 0.5) is 0 Å². The highest BCUT2D eigenvalue weighted by Crippen LogP contribution is 2.18. The Kier molecular flexibility index (Phi) is 6.95. The molecule has 0 amide bonds. The van der Waals surface area contributed by atoms with E-state index in [4.69, 9.17) is 11.6 Å². The van der Waals surface area contributed by atoms with Gasteiger partial charge >= 0.3 is 0 Å². The summed E-state index contributed by atoms with van der Waals surface area (Å²) in [6, 6.07) is 6.85. The molecular weight excluding hydrogens is 296 g/mol. The van der Waals surface area contributed by atoms with Crippen molar-refractivity contribution in [2.75, 3.05) is 33.7 Å². The summed E-state index contributed by atoms with van der Waals surface area (Å²) in [5.41, 5.74) is 0.816. The van der Waals surface area contributed by atoms with Gasteiger partial charge in [0.2, 0.25) is 10.0 Å². The molecule has 0 unspecified atom stereocenters. The fourth-order valence-corrected chi connectivity index (χ4v) is 3.61. The second-order valence-electron chi connectivity index (χ2n) is 4.99. The van der Waals surface area contributed by atoms with Gasteiger partial charge in [0.05, 0.1) is 4.90 Å². The van der Waals surface area contributed by atoms with Crippen LogP contribution in [0.25, 0.3) is 0 Å². The maximum absolute atomic E-state index is 12.7. The minimum absolute atomic E-state index is 0.314. The highest BCUT2D eigenvalue weighted by molar-refractivity contribution is 7.89. The Morgan fingerprint density at radius 2 is 1.85 bits per heavy atom. The van der Waals surface area contributed by atoms with Gasteiger partial charge in [0, 0.05) is 25.5 Å². The maximum Gasteiger partial charge on any atom is 0.243 e. The lowest BCUT2D eigenvalue weighted by molar-refractivity contribution is 0.333. The maximum atomic E-state index is 12.7. The lowest BCUT2D eigenvalue weighted by Crippen LogP contribution is -2.37. The molecule has 1 aromatic rings. The average molecular weight is 319 g/mol. The molecule has 0 fully saturated rings. The van der Waals surface area contributed by atoms with Crippen LogP contribution in [-0.2, 0) is 15.9 Å². The SMILES string of the molecule is CCCN(CCN(C)C)S(=O)(=O)c1cccc(CCl)c1. The first-order chi connectivity index (χ1) is 9.41. The van der Waals surface area contributed by atoms with E-state index >= 15 is 0 Å². The zero-order chi connectivity index (χ0) is 15.2. The Hall–Kier alpha value is -0.620. The van der Waals surface area contributed by atoms with E-state index in [1.54, 1.807) is 22.5 Å². The van der Waals surface area contributed by atoms with Crippen molar-refractivity contribution in [2.24, 2.45) is 0 Å². The summed E-state index contributed by atoms with van der Waals surface area (Å²) < 4.78 is 26.9. The zero-order valence-electron chi connectivity index (χ0n) is 12.3. The number of sulfonamides is 1. The van der Waals surface area contributed by atoms with Crippen LogP contribution in [0.2, 0.25) is 0 Å². The van der Waals surface area contributed by atoms with E-state index in [1.165, 1.54) is 0 Å². The van der Waals surface area contributed by atoms with Crippen LogP contribution in [0.5, 0.6) is 0 Å². The quantitative estimate of drug-likeness (QED) is 0.691. The molecule has 0 saturated heterocycles. The van der Waals surface area contributed by atoms with Crippen molar-refractivity contribution < 1.29 is 8.42 Å². The lowest BCUT2D eigenvalue weighted by Gasteiger charge is -2.23. The van der Waals surface area contributed by atoms with Crippen LogP contribution in [0.3, 0.4) is 0 Å². The van der Waals surface area contributed by atoms with Crippen LogP contribution < -0.4 is 0 Å². The molecule has 114 valence electrons. The fourth-order valence-electron chi connectivity index (χ4n) is 1.85. The number of benzene rings is 1. The molecule has 0 aromatic heterocycles. The molecule has 0 atom stereocenters. The fraction of sp³-hybridized carbons (Fsp3) is 0.571. The standard InChI is InChI=1S/C14H23ClN2O2S/c1-4-8-17(10-9-16(2)3)20(18,19)14-7-5-6-13(11-14)12-15/h5-7,11H,4,8-10,12H2,1-3H3. The van der Waals surface area contributed by atoms with Gasteiger partial charge in [0.25, 0.3) is 0 Å². The van der Waals surface area contributed by atoms with Crippen LogP contribution >= 0.6 is 11.6 Å². The van der Waals surface area contributed by atoms with E-state index in [-0.39, 0.29) is 0 Å². The highest BCUT2D eigenvalue weighted by atomic mass is 35.5. The molecule has 0 N–H and O–H groups in total. The predicted molar refractivity (Wildman–Crippen MR) is 83.6 cm³/mol. The van der Waals surface area contributed by atoms with Crippen LogP contribution in [0.15, 0.2) is 29.2 Å². The van der Waals surface area contributed by atoms with E-state index in [2.05, 4.69) is 0 Å². The van der Waals surface area contributed by atoms with Gasteiger partial charge in [0.15, 0.2) is 0 Å². The third kappa shape index (κ3) is 4.74. The van der Waals surface area contributed by atoms with E-state index in [9.17, 15) is 8.42 Å². The molecule has 1 rings (SSSR count). The van der Waals surface area contributed by atoms with Crippen molar-refractivity contribution in [1.29, 1.82) is 0 Å².